The summed E-state index contributed by atoms with van der Waals surface area (Å²) in [5.74, 6) is 0.893. The predicted molar refractivity (Wildman–Crippen MR) is 71.3 cm³/mol. The number of thioether (sulfide) groups is 1. The minimum absolute atomic E-state index is 0.276. The van der Waals surface area contributed by atoms with Crippen LogP contribution in [0.4, 0.5) is 0 Å². The van der Waals surface area contributed by atoms with E-state index in [0.717, 1.165) is 30.4 Å². The summed E-state index contributed by atoms with van der Waals surface area (Å²) in [5, 5.41) is 0. The number of aromatic amines is 1. The molecule has 2 atom stereocenters. The molecule has 0 aliphatic rings. The van der Waals surface area contributed by atoms with Crippen molar-refractivity contribution in [1.29, 1.82) is 0 Å². The third kappa shape index (κ3) is 5.44. The Balaban J connectivity index is 2.33. The van der Waals surface area contributed by atoms with E-state index in [1.165, 1.54) is 0 Å². The van der Waals surface area contributed by atoms with Crippen LogP contribution in [0, 0.1) is 0 Å². The molecule has 18 heavy (non-hydrogen) atoms. The number of aromatic nitrogens is 2. The molecule has 1 aromatic rings. The molecule has 0 bridgehead atoms. The Morgan fingerprint density at radius 2 is 2.11 bits per heavy atom. The summed E-state index contributed by atoms with van der Waals surface area (Å²) in [5.41, 5.74) is 6.60. The lowest BCUT2D eigenvalue weighted by molar-refractivity contribution is -0.112. The van der Waals surface area contributed by atoms with Crippen LogP contribution in [0.1, 0.15) is 12.1 Å². The van der Waals surface area contributed by atoms with Crippen molar-refractivity contribution in [2.45, 2.75) is 24.9 Å². The normalized spacial score (nSPS) is 14.1. The Hall–Kier alpha value is -1.18. The summed E-state index contributed by atoms with van der Waals surface area (Å²) in [6, 6.07) is -0.663. The van der Waals surface area contributed by atoms with Crippen molar-refractivity contribution in [3.05, 3.63) is 18.2 Å². The molecule has 6 nitrogen and oxygen atoms in total. The number of H-pyrrole nitrogens is 1. The SMILES string of the molecule is CSCC[C@@H](C=O)NN[C@H](C=O)Cc1cnc[nH]1. The van der Waals surface area contributed by atoms with Crippen LogP contribution in [0.2, 0.25) is 0 Å². The van der Waals surface area contributed by atoms with Crippen molar-refractivity contribution < 1.29 is 9.59 Å². The zero-order valence-corrected chi connectivity index (χ0v) is 11.1. The lowest BCUT2D eigenvalue weighted by Gasteiger charge is -2.17. The summed E-state index contributed by atoms with van der Waals surface area (Å²) in [7, 11) is 0. The molecule has 0 radical (unpaired) electrons. The molecule has 0 saturated carbocycles. The fraction of sp³-hybridized carbons (Fsp3) is 0.545. The highest BCUT2D eigenvalue weighted by Crippen LogP contribution is 1.99. The number of carbonyl (C=O) groups excluding carboxylic acids is 2. The number of carbonyl (C=O) groups is 2. The fourth-order valence-electron chi connectivity index (χ4n) is 1.40. The van der Waals surface area contributed by atoms with Crippen molar-refractivity contribution >= 4 is 24.3 Å². The highest BCUT2D eigenvalue weighted by molar-refractivity contribution is 7.98. The summed E-state index contributed by atoms with van der Waals surface area (Å²) in [4.78, 5) is 28.5. The smallest absolute Gasteiger partial charge is 0.138 e. The summed E-state index contributed by atoms with van der Waals surface area (Å²) >= 11 is 1.68. The highest BCUT2D eigenvalue weighted by atomic mass is 32.2. The number of hydrogen-bond donors (Lipinski definition) is 3. The maximum absolute atomic E-state index is 10.9. The molecule has 1 aromatic heterocycles. The molecule has 0 saturated heterocycles. The van der Waals surface area contributed by atoms with E-state index < -0.39 is 0 Å². The monoisotopic (exact) mass is 270 g/mol. The minimum atomic E-state index is -0.387. The van der Waals surface area contributed by atoms with E-state index in [9.17, 15) is 9.59 Å². The van der Waals surface area contributed by atoms with E-state index >= 15 is 0 Å². The van der Waals surface area contributed by atoms with Gasteiger partial charge in [-0.05, 0) is 18.4 Å². The third-order valence-electron chi connectivity index (χ3n) is 2.41. The van der Waals surface area contributed by atoms with Gasteiger partial charge in [0.25, 0.3) is 0 Å². The predicted octanol–water partition coefficient (Wildman–Crippen LogP) is -0.0655. The van der Waals surface area contributed by atoms with Crippen molar-refractivity contribution in [1.82, 2.24) is 20.8 Å². The highest BCUT2D eigenvalue weighted by Gasteiger charge is 2.12. The minimum Gasteiger partial charge on any atom is -0.348 e. The number of aldehydes is 2. The Bertz CT molecular complexity index is 345. The van der Waals surface area contributed by atoms with Crippen LogP contribution < -0.4 is 10.9 Å². The second-order valence-electron chi connectivity index (χ2n) is 3.84. The topological polar surface area (TPSA) is 86.9 Å². The number of hydrazine groups is 1. The number of nitrogens with one attached hydrogen (secondary N) is 3. The average Bonchev–Trinajstić information content (AvgIpc) is 2.90. The fourth-order valence-corrected chi connectivity index (χ4v) is 1.89. The van der Waals surface area contributed by atoms with Crippen LogP contribution in [0.5, 0.6) is 0 Å². The van der Waals surface area contributed by atoms with Gasteiger partial charge in [0.15, 0.2) is 0 Å². The number of rotatable bonds is 10. The summed E-state index contributed by atoms with van der Waals surface area (Å²) in [6.45, 7) is 0. The van der Waals surface area contributed by atoms with E-state index in [0.29, 0.717) is 6.42 Å². The van der Waals surface area contributed by atoms with E-state index in [-0.39, 0.29) is 12.1 Å². The Morgan fingerprint density at radius 1 is 1.39 bits per heavy atom. The molecule has 7 heteroatoms. The molecule has 3 N–H and O–H groups in total. The van der Waals surface area contributed by atoms with Crippen LogP contribution in [0.25, 0.3) is 0 Å². The molecule has 100 valence electrons. The van der Waals surface area contributed by atoms with Gasteiger partial charge < -0.3 is 14.6 Å². The van der Waals surface area contributed by atoms with E-state index in [1.54, 1.807) is 24.3 Å². The Kier molecular flexibility index (Phi) is 7.31. The molecule has 0 amide bonds. The zero-order valence-electron chi connectivity index (χ0n) is 10.3. The van der Waals surface area contributed by atoms with Gasteiger partial charge in [0, 0.05) is 18.3 Å². The largest absolute Gasteiger partial charge is 0.348 e. The number of imidazole rings is 1. The maximum Gasteiger partial charge on any atom is 0.138 e. The molecule has 1 rings (SSSR count). The van der Waals surface area contributed by atoms with Gasteiger partial charge in [0.2, 0.25) is 0 Å². The van der Waals surface area contributed by atoms with Crippen molar-refractivity contribution in [3.8, 4) is 0 Å². The zero-order chi connectivity index (χ0) is 13.2. The first kappa shape index (κ1) is 14.9. The second kappa shape index (κ2) is 8.84. The molecule has 0 aliphatic heterocycles. The molecular formula is C11H18N4O2S. The van der Waals surface area contributed by atoms with Crippen LogP contribution >= 0.6 is 11.8 Å². The van der Waals surface area contributed by atoms with Crippen LogP contribution in [0.15, 0.2) is 12.5 Å². The van der Waals surface area contributed by atoms with Gasteiger partial charge in [-0.25, -0.2) is 15.8 Å². The third-order valence-corrected chi connectivity index (χ3v) is 3.05. The van der Waals surface area contributed by atoms with Crippen LogP contribution in [-0.2, 0) is 16.0 Å². The molecule has 0 fully saturated rings. The van der Waals surface area contributed by atoms with Gasteiger partial charge in [-0.3, -0.25) is 0 Å². The van der Waals surface area contributed by atoms with Crippen LogP contribution in [-0.4, -0.2) is 46.6 Å². The first-order chi connectivity index (χ1) is 8.80. The van der Waals surface area contributed by atoms with Gasteiger partial charge in [0.05, 0.1) is 18.4 Å². The van der Waals surface area contributed by atoms with Crippen molar-refractivity contribution in [2.24, 2.45) is 0 Å². The number of nitrogens with zero attached hydrogens (tertiary/aromatic N) is 1. The molecule has 0 aromatic carbocycles. The summed E-state index contributed by atoms with van der Waals surface area (Å²) < 4.78 is 0. The van der Waals surface area contributed by atoms with E-state index in [1.807, 2.05) is 6.26 Å². The molecule has 1 heterocycles. The maximum atomic E-state index is 10.9. The van der Waals surface area contributed by atoms with Gasteiger partial charge >= 0.3 is 0 Å². The van der Waals surface area contributed by atoms with Gasteiger partial charge in [0.1, 0.15) is 12.6 Å². The van der Waals surface area contributed by atoms with Gasteiger partial charge in [-0.2, -0.15) is 11.8 Å². The molecule has 0 unspecified atom stereocenters. The van der Waals surface area contributed by atoms with Crippen LogP contribution in [0.3, 0.4) is 0 Å². The Labute approximate surface area is 110 Å². The lowest BCUT2D eigenvalue weighted by atomic mass is 10.2. The molecular weight excluding hydrogens is 252 g/mol. The Morgan fingerprint density at radius 3 is 2.67 bits per heavy atom. The van der Waals surface area contributed by atoms with Gasteiger partial charge in [-0.15, -0.1) is 0 Å². The molecule has 0 spiro atoms. The quantitative estimate of drug-likeness (QED) is 0.408. The molecule has 0 aliphatic carbocycles. The van der Waals surface area contributed by atoms with Crippen molar-refractivity contribution in [2.75, 3.05) is 12.0 Å². The average molecular weight is 270 g/mol. The summed E-state index contributed by atoms with van der Waals surface area (Å²) in [6.07, 6.45) is 8.12. The first-order valence-corrected chi connectivity index (χ1v) is 7.07. The second-order valence-corrected chi connectivity index (χ2v) is 4.82. The van der Waals surface area contributed by atoms with Gasteiger partial charge in [-0.1, -0.05) is 0 Å². The standard InChI is InChI=1S/C11H18N4O2S/c1-18-3-2-9(6-16)14-15-11(7-17)4-10-5-12-8-13-10/h5-9,11,14-15H,2-4H2,1H3,(H,12,13)/t9-,11-/m0/s1. The van der Waals surface area contributed by atoms with E-state index in [2.05, 4.69) is 20.8 Å². The number of hydrogen-bond acceptors (Lipinski definition) is 6. The van der Waals surface area contributed by atoms with Crippen molar-refractivity contribution in [3.63, 3.8) is 0 Å². The lowest BCUT2D eigenvalue weighted by Crippen LogP contribution is -2.49. The van der Waals surface area contributed by atoms with E-state index in [4.69, 9.17) is 0 Å². The first-order valence-electron chi connectivity index (χ1n) is 5.68.